The van der Waals surface area contributed by atoms with Gasteiger partial charge >= 0.3 is 0 Å². The van der Waals surface area contributed by atoms with Crippen LogP contribution in [0.5, 0.6) is 0 Å². The van der Waals surface area contributed by atoms with E-state index in [1.165, 1.54) is 0 Å². The summed E-state index contributed by atoms with van der Waals surface area (Å²) in [7, 11) is 0. The number of aromatic nitrogens is 2. The van der Waals surface area contributed by atoms with Crippen LogP contribution in [0.4, 0.5) is 0 Å². The van der Waals surface area contributed by atoms with Gasteiger partial charge < -0.3 is 10.5 Å². The van der Waals surface area contributed by atoms with Crippen molar-refractivity contribution in [1.82, 2.24) is 9.78 Å². The summed E-state index contributed by atoms with van der Waals surface area (Å²) < 4.78 is 7.44. The first kappa shape index (κ1) is 8.72. The first-order chi connectivity index (χ1) is 6.33. The zero-order valence-electron chi connectivity index (χ0n) is 7.76. The van der Waals surface area contributed by atoms with Crippen molar-refractivity contribution in [2.75, 3.05) is 6.61 Å². The van der Waals surface area contributed by atoms with E-state index in [0.717, 1.165) is 13.0 Å². The van der Waals surface area contributed by atoms with Gasteiger partial charge in [0.25, 0.3) is 0 Å². The molecule has 0 bridgehead atoms. The van der Waals surface area contributed by atoms with Crippen LogP contribution in [0.1, 0.15) is 19.4 Å². The maximum absolute atomic E-state index is 5.89. The monoisotopic (exact) mass is 181 g/mol. The molecule has 1 aliphatic carbocycles. The topological polar surface area (TPSA) is 53.1 Å². The second-order valence-corrected chi connectivity index (χ2v) is 3.37. The van der Waals surface area contributed by atoms with Gasteiger partial charge in [-0.3, -0.25) is 4.68 Å². The summed E-state index contributed by atoms with van der Waals surface area (Å²) in [4.78, 5) is 0. The third-order valence-electron chi connectivity index (χ3n) is 2.54. The van der Waals surface area contributed by atoms with Crippen LogP contribution in [0.25, 0.3) is 0 Å². The van der Waals surface area contributed by atoms with Gasteiger partial charge in [-0.05, 0) is 19.4 Å². The molecule has 1 heterocycles. The smallest absolute Gasteiger partial charge is 0.0932 e. The van der Waals surface area contributed by atoms with Crippen molar-refractivity contribution in [3.05, 3.63) is 18.5 Å². The summed E-state index contributed by atoms with van der Waals surface area (Å²) in [5.41, 5.74) is 5.89. The summed E-state index contributed by atoms with van der Waals surface area (Å²) in [6.45, 7) is 2.75. The molecule has 1 aromatic rings. The lowest BCUT2D eigenvalue weighted by Gasteiger charge is -2.41. The van der Waals surface area contributed by atoms with E-state index in [1.807, 2.05) is 23.9 Å². The molecule has 0 aromatic carbocycles. The fraction of sp³-hybridized carbons (Fsp3) is 0.667. The normalized spacial score (nSPS) is 32.9. The molecule has 0 spiro atoms. The predicted octanol–water partition coefficient (Wildman–Crippen LogP) is 0.560. The lowest BCUT2D eigenvalue weighted by molar-refractivity contribution is -0.0511. The molecule has 2 N–H and O–H groups in total. The largest absolute Gasteiger partial charge is 0.376 e. The van der Waals surface area contributed by atoms with E-state index >= 15 is 0 Å². The first-order valence-electron chi connectivity index (χ1n) is 4.69. The highest BCUT2D eigenvalue weighted by molar-refractivity contribution is 4.99. The Hall–Kier alpha value is -0.870. The molecule has 0 radical (unpaired) electrons. The van der Waals surface area contributed by atoms with E-state index < -0.39 is 0 Å². The van der Waals surface area contributed by atoms with Crippen molar-refractivity contribution in [3.63, 3.8) is 0 Å². The SMILES string of the molecule is CCO[C@@H]1C[C@H](N)[C@H]1n1cccn1. The molecule has 72 valence electrons. The Morgan fingerprint density at radius 3 is 3.08 bits per heavy atom. The summed E-state index contributed by atoms with van der Waals surface area (Å²) >= 11 is 0. The van der Waals surface area contributed by atoms with Crippen LogP contribution in [-0.4, -0.2) is 28.5 Å². The highest BCUT2D eigenvalue weighted by Gasteiger charge is 2.40. The van der Waals surface area contributed by atoms with Crippen LogP contribution in [0.15, 0.2) is 18.5 Å². The fourth-order valence-corrected chi connectivity index (χ4v) is 1.83. The summed E-state index contributed by atoms with van der Waals surface area (Å²) in [5.74, 6) is 0. The van der Waals surface area contributed by atoms with Gasteiger partial charge in [-0.25, -0.2) is 0 Å². The Kier molecular flexibility index (Phi) is 2.33. The fourth-order valence-electron chi connectivity index (χ4n) is 1.83. The number of hydrogen-bond acceptors (Lipinski definition) is 3. The molecule has 1 aliphatic rings. The predicted molar refractivity (Wildman–Crippen MR) is 49.3 cm³/mol. The van der Waals surface area contributed by atoms with E-state index in [1.54, 1.807) is 6.20 Å². The minimum Gasteiger partial charge on any atom is -0.376 e. The highest BCUT2D eigenvalue weighted by Crippen LogP contribution is 2.33. The molecule has 0 amide bonds. The average molecular weight is 181 g/mol. The Morgan fingerprint density at radius 1 is 1.69 bits per heavy atom. The molecule has 13 heavy (non-hydrogen) atoms. The van der Waals surface area contributed by atoms with Gasteiger partial charge in [-0.2, -0.15) is 5.10 Å². The standard InChI is InChI=1S/C9H15N3O/c1-2-13-8-6-7(10)9(8)12-5-3-4-11-12/h3-5,7-9H,2,6,10H2,1H3/t7-,8+,9+/m0/s1. The minimum atomic E-state index is 0.191. The number of nitrogens with two attached hydrogens (primary N) is 1. The van der Waals surface area contributed by atoms with Gasteiger partial charge in [0, 0.05) is 25.0 Å². The van der Waals surface area contributed by atoms with Gasteiger partial charge in [0.1, 0.15) is 0 Å². The number of nitrogens with zero attached hydrogens (tertiary/aromatic N) is 2. The lowest BCUT2D eigenvalue weighted by atomic mass is 9.83. The molecule has 1 aromatic heterocycles. The molecule has 1 saturated carbocycles. The van der Waals surface area contributed by atoms with Gasteiger partial charge in [-0.15, -0.1) is 0 Å². The molecular weight excluding hydrogens is 166 g/mol. The lowest BCUT2D eigenvalue weighted by Crippen LogP contribution is -2.53. The van der Waals surface area contributed by atoms with E-state index in [4.69, 9.17) is 10.5 Å². The molecular formula is C9H15N3O. The minimum absolute atomic E-state index is 0.191. The van der Waals surface area contributed by atoms with Gasteiger partial charge in [0.15, 0.2) is 0 Å². The Balaban J connectivity index is 2.04. The Morgan fingerprint density at radius 2 is 2.54 bits per heavy atom. The van der Waals surface area contributed by atoms with Gasteiger partial charge in [0.05, 0.1) is 12.1 Å². The second-order valence-electron chi connectivity index (χ2n) is 3.37. The molecule has 4 heteroatoms. The maximum Gasteiger partial charge on any atom is 0.0932 e. The molecule has 4 nitrogen and oxygen atoms in total. The van der Waals surface area contributed by atoms with E-state index in [2.05, 4.69) is 5.10 Å². The Bertz CT molecular complexity index is 258. The number of rotatable bonds is 3. The summed E-state index contributed by atoms with van der Waals surface area (Å²) in [5, 5.41) is 4.18. The molecule has 1 fully saturated rings. The third-order valence-corrected chi connectivity index (χ3v) is 2.54. The molecule has 0 unspecified atom stereocenters. The summed E-state index contributed by atoms with van der Waals surface area (Å²) in [6.07, 6.45) is 4.90. The quantitative estimate of drug-likeness (QED) is 0.741. The van der Waals surface area contributed by atoms with Crippen LogP contribution in [0.2, 0.25) is 0 Å². The van der Waals surface area contributed by atoms with Crippen molar-refractivity contribution >= 4 is 0 Å². The van der Waals surface area contributed by atoms with Crippen LogP contribution < -0.4 is 5.73 Å². The highest BCUT2D eigenvalue weighted by atomic mass is 16.5. The first-order valence-corrected chi connectivity index (χ1v) is 4.69. The van der Waals surface area contributed by atoms with E-state index in [0.29, 0.717) is 0 Å². The van der Waals surface area contributed by atoms with Gasteiger partial charge in [-0.1, -0.05) is 0 Å². The van der Waals surface area contributed by atoms with Gasteiger partial charge in [0.2, 0.25) is 0 Å². The average Bonchev–Trinajstić information content (AvgIpc) is 2.56. The van der Waals surface area contributed by atoms with E-state index in [-0.39, 0.29) is 18.2 Å². The van der Waals surface area contributed by atoms with E-state index in [9.17, 15) is 0 Å². The van der Waals surface area contributed by atoms with Crippen molar-refractivity contribution in [3.8, 4) is 0 Å². The molecule has 0 saturated heterocycles. The number of ether oxygens (including phenoxy) is 1. The second kappa shape index (κ2) is 3.47. The molecule has 3 atom stereocenters. The molecule has 2 rings (SSSR count). The van der Waals surface area contributed by atoms with Crippen molar-refractivity contribution < 1.29 is 4.74 Å². The number of hydrogen-bond donors (Lipinski definition) is 1. The van der Waals surface area contributed by atoms with Crippen LogP contribution in [0.3, 0.4) is 0 Å². The maximum atomic E-state index is 5.89. The van der Waals surface area contributed by atoms with Crippen LogP contribution in [0, 0.1) is 0 Å². The van der Waals surface area contributed by atoms with Crippen LogP contribution >= 0.6 is 0 Å². The van der Waals surface area contributed by atoms with Crippen molar-refractivity contribution in [2.45, 2.75) is 31.5 Å². The Labute approximate surface area is 77.7 Å². The van der Waals surface area contributed by atoms with Crippen LogP contribution in [-0.2, 0) is 4.74 Å². The van der Waals surface area contributed by atoms with Crippen molar-refractivity contribution in [2.24, 2.45) is 5.73 Å². The molecule has 0 aliphatic heterocycles. The summed E-state index contributed by atoms with van der Waals surface area (Å²) in [6, 6.07) is 2.33. The zero-order chi connectivity index (χ0) is 9.26. The third kappa shape index (κ3) is 1.47. The van der Waals surface area contributed by atoms with Crippen molar-refractivity contribution in [1.29, 1.82) is 0 Å². The zero-order valence-corrected chi connectivity index (χ0v) is 7.76.